The van der Waals surface area contributed by atoms with Crippen molar-refractivity contribution in [2.24, 2.45) is 5.10 Å². The second-order valence-electron chi connectivity index (χ2n) is 6.38. The fourth-order valence-corrected chi connectivity index (χ4v) is 4.86. The zero-order chi connectivity index (χ0) is 20.6. The summed E-state index contributed by atoms with van der Waals surface area (Å²) in [6.07, 6.45) is 1.60. The summed E-state index contributed by atoms with van der Waals surface area (Å²) >= 11 is 4.35. The summed E-state index contributed by atoms with van der Waals surface area (Å²) in [4.78, 5) is 14.0. The molecular formula is C20H20FI2N3O3. The van der Waals surface area contributed by atoms with Gasteiger partial charge < -0.3 is 9.47 Å². The molecule has 1 amide bonds. The van der Waals surface area contributed by atoms with E-state index in [2.05, 4.69) is 55.7 Å². The van der Waals surface area contributed by atoms with E-state index in [1.807, 2.05) is 17.0 Å². The topological polar surface area (TPSA) is 63.2 Å². The molecule has 1 saturated heterocycles. The number of carbonyl (C=O) groups excluding carboxylic acids is 1. The van der Waals surface area contributed by atoms with Crippen molar-refractivity contribution in [2.45, 2.75) is 6.61 Å². The second-order valence-corrected chi connectivity index (χ2v) is 8.70. The van der Waals surface area contributed by atoms with Crippen LogP contribution in [-0.2, 0) is 16.1 Å². The molecule has 1 N–H and O–H groups in total. The lowest BCUT2D eigenvalue weighted by Crippen LogP contribution is -2.42. The maximum Gasteiger partial charge on any atom is 0.254 e. The van der Waals surface area contributed by atoms with Gasteiger partial charge in [0, 0.05) is 18.7 Å². The molecule has 0 bridgehead atoms. The van der Waals surface area contributed by atoms with Gasteiger partial charge in [0.05, 0.1) is 33.1 Å². The molecule has 0 saturated carbocycles. The van der Waals surface area contributed by atoms with Crippen molar-refractivity contribution < 1.29 is 18.7 Å². The predicted molar refractivity (Wildman–Crippen MR) is 126 cm³/mol. The van der Waals surface area contributed by atoms with Crippen LogP contribution in [-0.4, -0.2) is 49.9 Å². The standard InChI is InChI=1S/C20H20FI2N3O3/c21-16-4-2-1-3-15(16)13-29-20-17(22)9-14(10-18(20)23)11-24-25-19(27)12-26-5-7-28-8-6-26/h1-4,9-11H,5-8,12-13H2,(H,25,27)/b24-11+. The van der Waals surface area contributed by atoms with E-state index in [4.69, 9.17) is 9.47 Å². The maximum atomic E-state index is 13.8. The van der Waals surface area contributed by atoms with Gasteiger partial charge in [0.1, 0.15) is 18.2 Å². The van der Waals surface area contributed by atoms with Crippen molar-refractivity contribution in [3.05, 3.63) is 60.5 Å². The quantitative estimate of drug-likeness (QED) is 0.292. The fraction of sp³-hybridized carbons (Fsp3) is 0.300. The number of hydrogen-bond acceptors (Lipinski definition) is 5. The lowest BCUT2D eigenvalue weighted by atomic mass is 10.2. The number of rotatable bonds is 7. The largest absolute Gasteiger partial charge is 0.487 e. The Labute approximate surface area is 196 Å². The number of hydrazone groups is 1. The summed E-state index contributed by atoms with van der Waals surface area (Å²) in [5.41, 5.74) is 3.90. The summed E-state index contributed by atoms with van der Waals surface area (Å²) in [5.74, 6) is 0.259. The zero-order valence-corrected chi connectivity index (χ0v) is 19.9. The first-order chi connectivity index (χ1) is 14.0. The Balaban J connectivity index is 1.56. The van der Waals surface area contributed by atoms with Gasteiger partial charge in [-0.2, -0.15) is 5.10 Å². The summed E-state index contributed by atoms with van der Waals surface area (Å²) in [5, 5.41) is 4.04. The van der Waals surface area contributed by atoms with E-state index < -0.39 is 0 Å². The highest BCUT2D eigenvalue weighted by molar-refractivity contribution is 14.1. The summed E-state index contributed by atoms with van der Waals surface area (Å²) in [7, 11) is 0. The van der Waals surface area contributed by atoms with Crippen LogP contribution in [0, 0.1) is 13.0 Å². The van der Waals surface area contributed by atoms with Gasteiger partial charge in [0.15, 0.2) is 0 Å². The third-order valence-corrected chi connectivity index (χ3v) is 5.83. The minimum atomic E-state index is -0.283. The summed E-state index contributed by atoms with van der Waals surface area (Å²) in [6, 6.07) is 10.4. The van der Waals surface area contributed by atoms with E-state index in [0.717, 1.165) is 25.8 Å². The van der Waals surface area contributed by atoms with Gasteiger partial charge in [-0.1, -0.05) is 18.2 Å². The molecule has 1 fully saturated rings. The van der Waals surface area contributed by atoms with Crippen LogP contribution in [0.5, 0.6) is 5.75 Å². The molecule has 6 nitrogen and oxygen atoms in total. The molecule has 1 aliphatic heterocycles. The number of nitrogens with one attached hydrogen (secondary N) is 1. The van der Waals surface area contributed by atoms with E-state index in [-0.39, 0.29) is 18.3 Å². The molecule has 2 aromatic carbocycles. The first kappa shape index (κ1) is 22.4. The predicted octanol–water partition coefficient (Wildman–Crippen LogP) is 3.40. The highest BCUT2D eigenvalue weighted by atomic mass is 127. The zero-order valence-electron chi connectivity index (χ0n) is 15.5. The van der Waals surface area contributed by atoms with E-state index >= 15 is 0 Å². The number of halogens is 3. The Morgan fingerprint density at radius 3 is 2.62 bits per heavy atom. The molecule has 0 aromatic heterocycles. The Morgan fingerprint density at radius 1 is 1.24 bits per heavy atom. The molecule has 29 heavy (non-hydrogen) atoms. The van der Waals surface area contributed by atoms with Crippen molar-refractivity contribution in [2.75, 3.05) is 32.8 Å². The Kier molecular flexibility index (Phi) is 8.63. The molecule has 0 aliphatic carbocycles. The van der Waals surface area contributed by atoms with E-state index in [1.54, 1.807) is 24.4 Å². The van der Waals surface area contributed by atoms with Crippen LogP contribution in [0.25, 0.3) is 0 Å². The third-order valence-electron chi connectivity index (χ3n) is 4.22. The molecule has 0 spiro atoms. The maximum absolute atomic E-state index is 13.8. The van der Waals surface area contributed by atoms with Gasteiger partial charge >= 0.3 is 0 Å². The first-order valence-corrected chi connectivity index (χ1v) is 11.2. The number of ether oxygens (including phenoxy) is 2. The van der Waals surface area contributed by atoms with Crippen LogP contribution in [0.15, 0.2) is 41.5 Å². The lowest BCUT2D eigenvalue weighted by Gasteiger charge is -2.25. The minimum Gasteiger partial charge on any atom is -0.487 e. The van der Waals surface area contributed by atoms with Gasteiger partial charge in [-0.15, -0.1) is 0 Å². The van der Waals surface area contributed by atoms with Crippen LogP contribution < -0.4 is 10.2 Å². The van der Waals surface area contributed by atoms with Crippen molar-refractivity contribution in [1.29, 1.82) is 0 Å². The monoisotopic (exact) mass is 623 g/mol. The normalized spacial score (nSPS) is 14.9. The number of morpholine rings is 1. The molecule has 1 aliphatic rings. The SMILES string of the molecule is O=C(CN1CCOCC1)N/N=C/c1cc(I)c(OCc2ccccc2F)c(I)c1. The first-order valence-electron chi connectivity index (χ1n) is 9.00. The summed E-state index contributed by atoms with van der Waals surface area (Å²) in [6.45, 7) is 3.27. The number of carbonyl (C=O) groups is 1. The minimum absolute atomic E-state index is 0.155. The highest BCUT2D eigenvalue weighted by Gasteiger charge is 2.14. The van der Waals surface area contributed by atoms with Gasteiger partial charge in [0.2, 0.25) is 0 Å². The molecule has 0 radical (unpaired) electrons. The van der Waals surface area contributed by atoms with Crippen molar-refractivity contribution in [3.8, 4) is 5.75 Å². The lowest BCUT2D eigenvalue weighted by molar-refractivity contribution is -0.123. The van der Waals surface area contributed by atoms with E-state index in [0.29, 0.717) is 31.1 Å². The van der Waals surface area contributed by atoms with E-state index in [1.165, 1.54) is 6.07 Å². The van der Waals surface area contributed by atoms with Crippen LogP contribution in [0.1, 0.15) is 11.1 Å². The number of nitrogens with zero attached hydrogens (tertiary/aromatic N) is 2. The Hall–Kier alpha value is -1.31. The molecular weight excluding hydrogens is 603 g/mol. The number of benzene rings is 2. The molecule has 1 heterocycles. The highest BCUT2D eigenvalue weighted by Crippen LogP contribution is 2.29. The van der Waals surface area contributed by atoms with Crippen molar-refractivity contribution in [1.82, 2.24) is 10.3 Å². The van der Waals surface area contributed by atoms with Crippen LogP contribution in [0.4, 0.5) is 4.39 Å². The average Bonchev–Trinajstić information content (AvgIpc) is 2.69. The van der Waals surface area contributed by atoms with Gasteiger partial charge in [-0.3, -0.25) is 9.69 Å². The number of hydrogen-bond donors (Lipinski definition) is 1. The van der Waals surface area contributed by atoms with Gasteiger partial charge in [0.25, 0.3) is 5.91 Å². The Bertz CT molecular complexity index is 866. The molecule has 0 unspecified atom stereocenters. The van der Waals surface area contributed by atoms with E-state index in [9.17, 15) is 9.18 Å². The van der Waals surface area contributed by atoms with Crippen LogP contribution >= 0.6 is 45.2 Å². The molecule has 0 atom stereocenters. The molecule has 3 rings (SSSR count). The van der Waals surface area contributed by atoms with Crippen LogP contribution in [0.2, 0.25) is 0 Å². The third kappa shape index (κ3) is 6.86. The van der Waals surface area contributed by atoms with Crippen molar-refractivity contribution >= 4 is 57.3 Å². The van der Waals surface area contributed by atoms with Gasteiger partial charge in [-0.25, -0.2) is 9.82 Å². The summed E-state index contributed by atoms with van der Waals surface area (Å²) < 4.78 is 26.6. The molecule has 9 heteroatoms. The van der Waals surface area contributed by atoms with Crippen LogP contribution in [0.3, 0.4) is 0 Å². The molecule has 2 aromatic rings. The molecule has 154 valence electrons. The Morgan fingerprint density at radius 2 is 1.93 bits per heavy atom. The fourth-order valence-electron chi connectivity index (χ4n) is 2.73. The average molecular weight is 623 g/mol. The van der Waals surface area contributed by atoms with Gasteiger partial charge in [-0.05, 0) is 68.9 Å². The number of amides is 1. The smallest absolute Gasteiger partial charge is 0.254 e. The second kappa shape index (κ2) is 11.2. The van der Waals surface area contributed by atoms with Crippen molar-refractivity contribution in [3.63, 3.8) is 0 Å².